The molecule has 4 heteroatoms. The van der Waals surface area contributed by atoms with Crippen molar-refractivity contribution in [2.24, 2.45) is 0 Å². The van der Waals surface area contributed by atoms with Gasteiger partial charge in [-0.25, -0.2) is 4.98 Å². The van der Waals surface area contributed by atoms with E-state index in [2.05, 4.69) is 22.1 Å². The minimum absolute atomic E-state index is 0.0120. The molecule has 0 spiro atoms. The Morgan fingerprint density at radius 3 is 2.22 bits per heavy atom. The molecule has 0 bridgehead atoms. The maximum absolute atomic E-state index is 12.3. The number of benzene rings is 2. The fourth-order valence-corrected chi connectivity index (χ4v) is 3.11. The molecule has 4 aromatic rings. The van der Waals surface area contributed by atoms with E-state index in [1.165, 1.54) is 0 Å². The number of rotatable bonds is 5. The van der Waals surface area contributed by atoms with Crippen LogP contribution in [0.25, 0.3) is 22.5 Å². The van der Waals surface area contributed by atoms with Crippen molar-refractivity contribution >= 4 is 5.78 Å². The van der Waals surface area contributed by atoms with Crippen molar-refractivity contribution in [3.63, 3.8) is 0 Å². The monoisotopic (exact) mass is 354 g/mol. The first-order valence-electron chi connectivity index (χ1n) is 8.74. The molecule has 2 aromatic heterocycles. The van der Waals surface area contributed by atoms with Crippen molar-refractivity contribution in [1.82, 2.24) is 9.97 Å². The third kappa shape index (κ3) is 3.55. The van der Waals surface area contributed by atoms with Crippen LogP contribution < -0.4 is 0 Å². The average Bonchev–Trinajstić information content (AvgIpc) is 3.19. The zero-order valence-corrected chi connectivity index (χ0v) is 14.9. The highest BCUT2D eigenvalue weighted by Crippen LogP contribution is 2.30. The Kier molecular flexibility index (Phi) is 4.62. The summed E-state index contributed by atoms with van der Waals surface area (Å²) in [6.45, 7) is 1.56. The van der Waals surface area contributed by atoms with Gasteiger partial charge >= 0.3 is 0 Å². The lowest BCUT2D eigenvalue weighted by Crippen LogP contribution is -2.10. The Morgan fingerprint density at radius 1 is 0.852 bits per heavy atom. The SMILES string of the molecule is CC(=O)C(c1ccc(-c2ccccc2)cc1)c1ncc(-c2cccnc2)o1. The first kappa shape index (κ1) is 16.9. The third-order valence-electron chi connectivity index (χ3n) is 4.47. The van der Waals surface area contributed by atoms with Gasteiger partial charge in [-0.05, 0) is 35.7 Å². The van der Waals surface area contributed by atoms with Crippen LogP contribution in [0.3, 0.4) is 0 Å². The molecular weight excluding hydrogens is 336 g/mol. The van der Waals surface area contributed by atoms with Gasteiger partial charge in [0.1, 0.15) is 11.7 Å². The molecule has 0 aliphatic heterocycles. The van der Waals surface area contributed by atoms with Crippen molar-refractivity contribution < 1.29 is 9.21 Å². The highest BCUT2D eigenvalue weighted by atomic mass is 16.4. The number of hydrogen-bond donors (Lipinski definition) is 0. The number of pyridine rings is 1. The smallest absolute Gasteiger partial charge is 0.209 e. The fourth-order valence-electron chi connectivity index (χ4n) is 3.11. The van der Waals surface area contributed by atoms with E-state index >= 15 is 0 Å². The van der Waals surface area contributed by atoms with Crippen LogP contribution in [-0.4, -0.2) is 15.8 Å². The molecule has 1 atom stereocenters. The molecule has 0 aliphatic rings. The minimum Gasteiger partial charge on any atom is -0.440 e. The van der Waals surface area contributed by atoms with Crippen molar-refractivity contribution in [2.45, 2.75) is 12.8 Å². The van der Waals surface area contributed by atoms with E-state index in [-0.39, 0.29) is 5.78 Å². The number of nitrogens with zero attached hydrogens (tertiary/aromatic N) is 2. The number of oxazole rings is 1. The molecule has 0 saturated heterocycles. The summed E-state index contributed by atoms with van der Waals surface area (Å²) in [7, 11) is 0. The predicted molar refractivity (Wildman–Crippen MR) is 104 cm³/mol. The molecule has 0 radical (unpaired) electrons. The standard InChI is InChI=1S/C23H18N2O2/c1-16(26)22(23-25-15-21(27-23)20-8-5-13-24-14-20)19-11-9-18(10-12-19)17-6-3-2-4-7-17/h2-15,22H,1H3. The molecule has 0 aliphatic carbocycles. The molecule has 132 valence electrons. The Hall–Kier alpha value is -3.53. The number of aromatic nitrogens is 2. The largest absolute Gasteiger partial charge is 0.440 e. The Morgan fingerprint density at radius 2 is 1.56 bits per heavy atom. The van der Waals surface area contributed by atoms with Gasteiger partial charge in [-0.15, -0.1) is 0 Å². The second-order valence-electron chi connectivity index (χ2n) is 6.34. The van der Waals surface area contributed by atoms with Crippen LogP contribution in [0.4, 0.5) is 0 Å². The molecule has 0 N–H and O–H groups in total. The van der Waals surface area contributed by atoms with Gasteiger partial charge in [-0.2, -0.15) is 0 Å². The second-order valence-corrected chi connectivity index (χ2v) is 6.34. The summed E-state index contributed by atoms with van der Waals surface area (Å²) in [5, 5.41) is 0. The van der Waals surface area contributed by atoms with Crippen LogP contribution >= 0.6 is 0 Å². The van der Waals surface area contributed by atoms with Gasteiger partial charge < -0.3 is 4.42 Å². The van der Waals surface area contributed by atoms with E-state index < -0.39 is 5.92 Å². The molecule has 0 saturated carbocycles. The van der Waals surface area contributed by atoms with E-state index in [1.54, 1.807) is 25.5 Å². The number of ketones is 1. The van der Waals surface area contributed by atoms with Crippen LogP contribution in [0.1, 0.15) is 24.3 Å². The fraction of sp³-hybridized carbons (Fsp3) is 0.0870. The molecule has 4 nitrogen and oxygen atoms in total. The van der Waals surface area contributed by atoms with Gasteiger partial charge in [0.25, 0.3) is 0 Å². The Balaban J connectivity index is 1.66. The topological polar surface area (TPSA) is 56.0 Å². The van der Waals surface area contributed by atoms with Crippen LogP contribution in [0.15, 0.2) is 89.7 Å². The van der Waals surface area contributed by atoms with E-state index in [0.29, 0.717) is 11.7 Å². The lowest BCUT2D eigenvalue weighted by atomic mass is 9.93. The number of carbonyl (C=O) groups excluding carboxylic acids is 1. The molecule has 0 amide bonds. The molecule has 2 aromatic carbocycles. The van der Waals surface area contributed by atoms with Crippen molar-refractivity contribution in [3.8, 4) is 22.5 Å². The van der Waals surface area contributed by atoms with Gasteiger partial charge in [-0.3, -0.25) is 9.78 Å². The Labute approximate surface area is 157 Å². The van der Waals surface area contributed by atoms with Crippen LogP contribution in [0.2, 0.25) is 0 Å². The van der Waals surface area contributed by atoms with Gasteiger partial charge in [0.05, 0.1) is 6.20 Å². The summed E-state index contributed by atoms with van der Waals surface area (Å²) in [4.78, 5) is 20.8. The first-order valence-corrected chi connectivity index (χ1v) is 8.74. The van der Waals surface area contributed by atoms with Gasteiger partial charge in [0, 0.05) is 18.0 Å². The van der Waals surface area contributed by atoms with Crippen molar-refractivity contribution in [1.29, 1.82) is 0 Å². The Bertz CT molecular complexity index is 1040. The summed E-state index contributed by atoms with van der Waals surface area (Å²) in [6, 6.07) is 21.8. The second kappa shape index (κ2) is 7.38. The zero-order chi connectivity index (χ0) is 18.6. The zero-order valence-electron chi connectivity index (χ0n) is 14.9. The maximum atomic E-state index is 12.3. The van der Waals surface area contributed by atoms with E-state index in [0.717, 1.165) is 22.3 Å². The van der Waals surface area contributed by atoms with E-state index in [4.69, 9.17) is 4.42 Å². The van der Waals surface area contributed by atoms with Crippen molar-refractivity contribution in [3.05, 3.63) is 96.8 Å². The van der Waals surface area contributed by atoms with Crippen LogP contribution in [0, 0.1) is 0 Å². The lowest BCUT2D eigenvalue weighted by molar-refractivity contribution is -0.117. The third-order valence-corrected chi connectivity index (χ3v) is 4.47. The number of carbonyl (C=O) groups is 1. The maximum Gasteiger partial charge on any atom is 0.209 e. The molecule has 0 fully saturated rings. The minimum atomic E-state index is -0.528. The van der Waals surface area contributed by atoms with Crippen LogP contribution in [0.5, 0.6) is 0 Å². The predicted octanol–water partition coefficient (Wildman–Crippen LogP) is 5.12. The van der Waals surface area contributed by atoms with Gasteiger partial charge in [0.2, 0.25) is 5.89 Å². The summed E-state index contributed by atoms with van der Waals surface area (Å²) in [5.74, 6) is 0.460. The van der Waals surface area contributed by atoms with E-state index in [9.17, 15) is 4.79 Å². The highest BCUT2D eigenvalue weighted by Gasteiger charge is 2.24. The van der Waals surface area contributed by atoms with Crippen LogP contribution in [-0.2, 0) is 4.79 Å². The average molecular weight is 354 g/mol. The molecule has 4 rings (SSSR count). The molecule has 27 heavy (non-hydrogen) atoms. The first-order chi connectivity index (χ1) is 13.2. The number of hydrogen-bond acceptors (Lipinski definition) is 4. The van der Waals surface area contributed by atoms with Gasteiger partial charge in [-0.1, -0.05) is 54.6 Å². The van der Waals surface area contributed by atoms with Crippen molar-refractivity contribution in [2.75, 3.05) is 0 Å². The summed E-state index contributed by atoms with van der Waals surface area (Å²) >= 11 is 0. The molecule has 2 heterocycles. The number of Topliss-reactive ketones (excluding diaryl/α,β-unsaturated/α-hetero) is 1. The van der Waals surface area contributed by atoms with E-state index in [1.807, 2.05) is 54.6 Å². The van der Waals surface area contributed by atoms with Gasteiger partial charge in [0.15, 0.2) is 5.76 Å². The summed E-state index contributed by atoms with van der Waals surface area (Å²) in [6.07, 6.45) is 5.05. The lowest BCUT2D eigenvalue weighted by Gasteiger charge is -2.11. The normalized spacial score (nSPS) is 11.9. The highest BCUT2D eigenvalue weighted by molar-refractivity contribution is 5.86. The molecular formula is C23H18N2O2. The quantitative estimate of drug-likeness (QED) is 0.499. The summed E-state index contributed by atoms with van der Waals surface area (Å²) in [5.41, 5.74) is 3.93. The molecule has 1 unspecified atom stereocenters. The summed E-state index contributed by atoms with van der Waals surface area (Å²) < 4.78 is 5.89.